The molecule has 0 bridgehead atoms. The van der Waals surface area contributed by atoms with Gasteiger partial charge >= 0.3 is 0 Å². The second kappa shape index (κ2) is 9.00. The molecule has 6 heteroatoms. The highest BCUT2D eigenvalue weighted by atomic mass is 35.5. The SMILES string of the molecule is Cl.NC[C@H]1CC[C@@H](C(=O)NCC(O)Cc2ccccc2)O1. The fourth-order valence-corrected chi connectivity index (χ4v) is 2.36. The molecular formula is C15H23ClN2O3. The first-order valence-corrected chi connectivity index (χ1v) is 7.04. The molecule has 0 aromatic heterocycles. The molecule has 4 N–H and O–H groups in total. The van der Waals surface area contributed by atoms with Crippen molar-refractivity contribution in [2.75, 3.05) is 13.1 Å². The summed E-state index contributed by atoms with van der Waals surface area (Å²) in [5, 5.41) is 12.7. The van der Waals surface area contributed by atoms with Crippen LogP contribution in [-0.4, -0.2) is 42.4 Å². The number of amides is 1. The molecule has 21 heavy (non-hydrogen) atoms. The largest absolute Gasteiger partial charge is 0.391 e. The van der Waals surface area contributed by atoms with Crippen molar-refractivity contribution in [3.05, 3.63) is 35.9 Å². The van der Waals surface area contributed by atoms with E-state index < -0.39 is 12.2 Å². The lowest BCUT2D eigenvalue weighted by molar-refractivity contribution is -0.132. The number of carbonyl (C=O) groups excluding carboxylic acids is 1. The molecule has 1 aromatic carbocycles. The summed E-state index contributed by atoms with van der Waals surface area (Å²) in [6, 6.07) is 9.71. The number of nitrogens with one attached hydrogen (secondary N) is 1. The highest BCUT2D eigenvalue weighted by Gasteiger charge is 2.29. The van der Waals surface area contributed by atoms with Crippen LogP contribution in [0.4, 0.5) is 0 Å². The summed E-state index contributed by atoms with van der Waals surface area (Å²) in [5.74, 6) is -0.159. The van der Waals surface area contributed by atoms with Crippen molar-refractivity contribution < 1.29 is 14.6 Å². The molecule has 5 nitrogen and oxygen atoms in total. The van der Waals surface area contributed by atoms with Crippen LogP contribution in [0.25, 0.3) is 0 Å². The van der Waals surface area contributed by atoms with Gasteiger partial charge in [0, 0.05) is 19.5 Å². The Morgan fingerprint density at radius 2 is 2.10 bits per heavy atom. The van der Waals surface area contributed by atoms with E-state index in [1.165, 1.54) is 0 Å². The monoisotopic (exact) mass is 314 g/mol. The zero-order valence-electron chi connectivity index (χ0n) is 11.9. The highest BCUT2D eigenvalue weighted by Crippen LogP contribution is 2.18. The second-order valence-corrected chi connectivity index (χ2v) is 5.15. The first-order valence-electron chi connectivity index (χ1n) is 7.04. The molecule has 1 heterocycles. The molecule has 1 fully saturated rings. The third-order valence-corrected chi connectivity index (χ3v) is 3.49. The molecule has 1 aromatic rings. The Hall–Kier alpha value is -1.14. The van der Waals surface area contributed by atoms with Crippen LogP contribution in [0, 0.1) is 0 Å². The van der Waals surface area contributed by atoms with Gasteiger partial charge in [0.05, 0.1) is 12.2 Å². The van der Waals surface area contributed by atoms with E-state index in [4.69, 9.17) is 10.5 Å². The van der Waals surface area contributed by atoms with Gasteiger partial charge in [0.25, 0.3) is 0 Å². The van der Waals surface area contributed by atoms with Gasteiger partial charge in [0.1, 0.15) is 6.10 Å². The standard InChI is InChI=1S/C15H22N2O3.ClH/c16-9-13-6-7-14(20-13)15(19)17-10-12(18)8-11-4-2-1-3-5-11;/h1-5,12-14,18H,6-10,16H2,(H,17,19);1H/t12?,13-,14+;/m1./s1. The second-order valence-electron chi connectivity index (χ2n) is 5.15. The third kappa shape index (κ3) is 5.63. The molecule has 3 atom stereocenters. The van der Waals surface area contributed by atoms with E-state index in [1.807, 2.05) is 30.3 Å². The topological polar surface area (TPSA) is 84.6 Å². The first kappa shape index (κ1) is 17.9. The van der Waals surface area contributed by atoms with E-state index >= 15 is 0 Å². The highest BCUT2D eigenvalue weighted by molar-refractivity contribution is 5.85. The summed E-state index contributed by atoms with van der Waals surface area (Å²) in [7, 11) is 0. The van der Waals surface area contributed by atoms with E-state index in [1.54, 1.807) is 0 Å². The smallest absolute Gasteiger partial charge is 0.249 e. The number of hydrogen-bond acceptors (Lipinski definition) is 4. The fraction of sp³-hybridized carbons (Fsp3) is 0.533. The van der Waals surface area contributed by atoms with Crippen LogP contribution in [0.2, 0.25) is 0 Å². The summed E-state index contributed by atoms with van der Waals surface area (Å²) in [6.45, 7) is 0.682. The maximum Gasteiger partial charge on any atom is 0.249 e. The predicted octanol–water partition coefficient (Wildman–Crippen LogP) is 0.634. The van der Waals surface area contributed by atoms with Crippen LogP contribution >= 0.6 is 12.4 Å². The number of benzene rings is 1. The van der Waals surface area contributed by atoms with Gasteiger partial charge in [0.15, 0.2) is 0 Å². The lowest BCUT2D eigenvalue weighted by Crippen LogP contribution is -2.40. The Bertz CT molecular complexity index is 430. The van der Waals surface area contributed by atoms with Crippen molar-refractivity contribution in [2.24, 2.45) is 5.73 Å². The van der Waals surface area contributed by atoms with Crippen LogP contribution < -0.4 is 11.1 Å². The summed E-state index contributed by atoms with van der Waals surface area (Å²) in [5.41, 5.74) is 6.56. The van der Waals surface area contributed by atoms with Crippen LogP contribution in [0.5, 0.6) is 0 Å². The first-order chi connectivity index (χ1) is 9.69. The van der Waals surface area contributed by atoms with E-state index in [0.29, 0.717) is 19.4 Å². The van der Waals surface area contributed by atoms with Crippen molar-refractivity contribution >= 4 is 18.3 Å². The summed E-state index contributed by atoms with van der Waals surface area (Å²) in [4.78, 5) is 11.9. The Balaban J connectivity index is 0.00000220. The van der Waals surface area contributed by atoms with E-state index in [9.17, 15) is 9.90 Å². The summed E-state index contributed by atoms with van der Waals surface area (Å²) < 4.78 is 5.50. The number of ether oxygens (including phenoxy) is 1. The quantitative estimate of drug-likeness (QED) is 0.719. The number of halogens is 1. The lowest BCUT2D eigenvalue weighted by Gasteiger charge is -2.15. The Morgan fingerprint density at radius 1 is 1.38 bits per heavy atom. The number of rotatable bonds is 6. The van der Waals surface area contributed by atoms with Crippen molar-refractivity contribution in [1.29, 1.82) is 0 Å². The minimum atomic E-state index is -0.590. The minimum Gasteiger partial charge on any atom is -0.391 e. The summed E-state index contributed by atoms with van der Waals surface area (Å²) >= 11 is 0. The molecule has 0 saturated carbocycles. The number of carbonyl (C=O) groups is 1. The molecule has 118 valence electrons. The molecule has 1 saturated heterocycles. The lowest BCUT2D eigenvalue weighted by atomic mass is 10.1. The van der Waals surface area contributed by atoms with Crippen molar-refractivity contribution in [3.63, 3.8) is 0 Å². The van der Waals surface area contributed by atoms with Gasteiger partial charge in [-0.1, -0.05) is 30.3 Å². The zero-order chi connectivity index (χ0) is 14.4. The molecule has 0 spiro atoms. The molecule has 0 aliphatic carbocycles. The summed E-state index contributed by atoms with van der Waals surface area (Å²) in [6.07, 6.45) is 1.02. The van der Waals surface area contributed by atoms with Gasteiger partial charge in [-0.05, 0) is 18.4 Å². The number of aliphatic hydroxyl groups is 1. The van der Waals surface area contributed by atoms with Crippen LogP contribution in [0.15, 0.2) is 30.3 Å². The number of hydrogen-bond donors (Lipinski definition) is 3. The van der Waals surface area contributed by atoms with E-state index in [2.05, 4.69) is 5.32 Å². The average Bonchev–Trinajstić information content (AvgIpc) is 2.95. The van der Waals surface area contributed by atoms with Crippen molar-refractivity contribution in [3.8, 4) is 0 Å². The van der Waals surface area contributed by atoms with Gasteiger partial charge in [-0.2, -0.15) is 0 Å². The van der Waals surface area contributed by atoms with Gasteiger partial charge in [0.2, 0.25) is 5.91 Å². The fourth-order valence-electron chi connectivity index (χ4n) is 2.36. The molecule has 1 amide bonds. The Kier molecular flexibility index (Phi) is 7.67. The van der Waals surface area contributed by atoms with Crippen molar-refractivity contribution in [2.45, 2.75) is 37.6 Å². The molecule has 2 rings (SSSR count). The van der Waals surface area contributed by atoms with Gasteiger partial charge in [-0.15, -0.1) is 12.4 Å². The molecular weight excluding hydrogens is 292 g/mol. The van der Waals surface area contributed by atoms with Gasteiger partial charge in [-0.3, -0.25) is 4.79 Å². The van der Waals surface area contributed by atoms with E-state index in [0.717, 1.165) is 12.0 Å². The molecule has 1 aliphatic rings. The minimum absolute atomic E-state index is 0. The molecule has 0 radical (unpaired) electrons. The van der Waals surface area contributed by atoms with Crippen LogP contribution in [0.3, 0.4) is 0 Å². The molecule has 1 unspecified atom stereocenters. The molecule has 1 aliphatic heterocycles. The van der Waals surface area contributed by atoms with E-state index in [-0.39, 0.29) is 31.0 Å². The van der Waals surface area contributed by atoms with Gasteiger partial charge < -0.3 is 20.9 Å². The van der Waals surface area contributed by atoms with Crippen molar-refractivity contribution in [1.82, 2.24) is 5.32 Å². The zero-order valence-corrected chi connectivity index (χ0v) is 12.7. The maximum atomic E-state index is 11.9. The Labute approximate surface area is 131 Å². The Morgan fingerprint density at radius 3 is 2.71 bits per heavy atom. The number of aliphatic hydroxyl groups excluding tert-OH is 1. The van der Waals surface area contributed by atoms with Crippen LogP contribution in [0.1, 0.15) is 18.4 Å². The van der Waals surface area contributed by atoms with Crippen LogP contribution in [-0.2, 0) is 16.0 Å². The van der Waals surface area contributed by atoms with Gasteiger partial charge in [-0.25, -0.2) is 0 Å². The number of nitrogens with two attached hydrogens (primary N) is 1. The maximum absolute atomic E-state index is 11.9. The third-order valence-electron chi connectivity index (χ3n) is 3.49. The normalized spacial score (nSPS) is 22.4. The average molecular weight is 315 g/mol. The predicted molar refractivity (Wildman–Crippen MR) is 83.4 cm³/mol.